The molecular formula is C16H23N3O4. The van der Waals surface area contributed by atoms with Crippen molar-refractivity contribution < 1.29 is 18.8 Å². The molecule has 23 heavy (non-hydrogen) atoms. The van der Waals surface area contributed by atoms with Gasteiger partial charge in [-0.3, -0.25) is 9.59 Å². The maximum absolute atomic E-state index is 12.8. The minimum absolute atomic E-state index is 0.0917. The lowest BCUT2D eigenvalue weighted by Crippen LogP contribution is -2.50. The van der Waals surface area contributed by atoms with Gasteiger partial charge in [-0.15, -0.1) is 0 Å². The van der Waals surface area contributed by atoms with Gasteiger partial charge in [0.25, 0.3) is 5.91 Å². The van der Waals surface area contributed by atoms with Gasteiger partial charge in [0, 0.05) is 33.3 Å². The van der Waals surface area contributed by atoms with Crippen molar-refractivity contribution in [1.29, 1.82) is 0 Å². The van der Waals surface area contributed by atoms with Gasteiger partial charge in [-0.2, -0.15) is 0 Å². The van der Waals surface area contributed by atoms with Crippen LogP contribution in [0.15, 0.2) is 10.7 Å². The van der Waals surface area contributed by atoms with E-state index in [1.807, 2.05) is 4.90 Å². The molecule has 2 saturated heterocycles. The average molecular weight is 321 g/mol. The van der Waals surface area contributed by atoms with Crippen LogP contribution in [0.3, 0.4) is 0 Å². The number of carbonyl (C=O) groups is 2. The lowest BCUT2D eigenvalue weighted by molar-refractivity contribution is -0.138. The second-order valence-electron chi connectivity index (χ2n) is 6.44. The van der Waals surface area contributed by atoms with Gasteiger partial charge >= 0.3 is 0 Å². The smallest absolute Gasteiger partial charge is 0.259 e. The van der Waals surface area contributed by atoms with Gasteiger partial charge in [-0.1, -0.05) is 5.16 Å². The number of carbonyl (C=O) groups excluding carboxylic acids is 2. The Hall–Kier alpha value is -1.89. The summed E-state index contributed by atoms with van der Waals surface area (Å²) in [5.74, 6) is 0.592. The van der Waals surface area contributed by atoms with E-state index in [-0.39, 0.29) is 11.8 Å². The largest absolute Gasteiger partial charge is 0.383 e. The van der Waals surface area contributed by atoms with E-state index in [0.717, 1.165) is 25.8 Å². The number of nitrogens with zero attached hydrogens (tertiary/aromatic N) is 3. The number of hydrogen-bond donors (Lipinski definition) is 0. The van der Waals surface area contributed by atoms with E-state index in [4.69, 9.17) is 9.26 Å². The molecule has 1 atom stereocenters. The first-order valence-corrected chi connectivity index (χ1v) is 8.06. The highest BCUT2D eigenvalue weighted by Crippen LogP contribution is 2.40. The number of piperidine rings is 1. The van der Waals surface area contributed by atoms with Gasteiger partial charge in [0.2, 0.25) is 5.91 Å². The van der Waals surface area contributed by atoms with Gasteiger partial charge in [0.15, 0.2) is 0 Å². The zero-order chi connectivity index (χ0) is 16.4. The highest BCUT2D eigenvalue weighted by atomic mass is 16.5. The van der Waals surface area contributed by atoms with Gasteiger partial charge < -0.3 is 19.1 Å². The molecule has 0 bridgehead atoms. The van der Waals surface area contributed by atoms with E-state index in [2.05, 4.69) is 5.16 Å². The SMILES string of the molecule is COCCN1CC[C@@]2(CCCN(C(=O)c3cnoc3C)C2)C1=O. The molecule has 3 heterocycles. The predicted octanol–water partition coefficient (Wildman–Crippen LogP) is 1.08. The molecule has 0 N–H and O–H groups in total. The fourth-order valence-electron chi connectivity index (χ4n) is 3.67. The molecule has 1 aromatic heterocycles. The first-order chi connectivity index (χ1) is 11.1. The molecule has 2 aliphatic rings. The van der Waals surface area contributed by atoms with Crippen molar-refractivity contribution in [3.05, 3.63) is 17.5 Å². The highest BCUT2D eigenvalue weighted by Gasteiger charge is 2.49. The molecular weight excluding hydrogens is 298 g/mol. The Morgan fingerprint density at radius 2 is 2.26 bits per heavy atom. The van der Waals surface area contributed by atoms with E-state index >= 15 is 0 Å². The quantitative estimate of drug-likeness (QED) is 0.829. The molecule has 2 fully saturated rings. The highest BCUT2D eigenvalue weighted by molar-refractivity contribution is 5.95. The minimum atomic E-state index is -0.424. The second-order valence-corrected chi connectivity index (χ2v) is 6.44. The van der Waals surface area contributed by atoms with E-state index in [1.165, 1.54) is 6.20 Å². The molecule has 1 aromatic rings. The molecule has 7 nitrogen and oxygen atoms in total. The molecule has 3 rings (SSSR count). The fraction of sp³-hybridized carbons (Fsp3) is 0.688. The molecule has 1 spiro atoms. The molecule has 2 aliphatic heterocycles. The number of likely N-dealkylation sites (tertiary alicyclic amines) is 2. The Morgan fingerprint density at radius 3 is 2.96 bits per heavy atom. The third-order valence-corrected chi connectivity index (χ3v) is 5.01. The lowest BCUT2D eigenvalue weighted by atomic mass is 9.78. The summed E-state index contributed by atoms with van der Waals surface area (Å²) in [5.41, 5.74) is 0.0657. The van der Waals surface area contributed by atoms with Crippen LogP contribution in [-0.4, -0.2) is 66.7 Å². The topological polar surface area (TPSA) is 75.9 Å². The van der Waals surface area contributed by atoms with Gasteiger partial charge in [-0.25, -0.2) is 0 Å². The van der Waals surface area contributed by atoms with Crippen molar-refractivity contribution in [2.75, 3.05) is 39.9 Å². The van der Waals surface area contributed by atoms with Crippen molar-refractivity contribution in [2.45, 2.75) is 26.2 Å². The summed E-state index contributed by atoms with van der Waals surface area (Å²) in [5, 5.41) is 3.68. The van der Waals surface area contributed by atoms with Crippen molar-refractivity contribution in [1.82, 2.24) is 15.0 Å². The summed E-state index contributed by atoms with van der Waals surface area (Å²) in [6.07, 6.45) is 3.96. The van der Waals surface area contributed by atoms with Crippen molar-refractivity contribution >= 4 is 11.8 Å². The molecule has 0 aliphatic carbocycles. The molecule has 0 aromatic carbocycles. The Kier molecular flexibility index (Phi) is 4.39. The van der Waals surface area contributed by atoms with E-state index < -0.39 is 5.41 Å². The van der Waals surface area contributed by atoms with Crippen molar-refractivity contribution in [3.8, 4) is 0 Å². The van der Waals surface area contributed by atoms with Crippen LogP contribution in [0.2, 0.25) is 0 Å². The molecule has 7 heteroatoms. The summed E-state index contributed by atoms with van der Waals surface area (Å²) < 4.78 is 10.1. The summed E-state index contributed by atoms with van der Waals surface area (Å²) >= 11 is 0. The Bertz CT molecular complexity index is 600. The van der Waals surface area contributed by atoms with E-state index in [1.54, 1.807) is 18.9 Å². The fourth-order valence-corrected chi connectivity index (χ4v) is 3.67. The number of amides is 2. The Labute approximate surface area is 135 Å². The Balaban J connectivity index is 1.72. The van der Waals surface area contributed by atoms with E-state index in [9.17, 15) is 9.59 Å². The molecule has 0 unspecified atom stereocenters. The predicted molar refractivity (Wildman–Crippen MR) is 81.9 cm³/mol. The number of aryl methyl sites for hydroxylation is 1. The standard InChI is InChI=1S/C16H23N3O4/c1-12-13(10-17-23-12)14(20)19-6-3-4-16(11-19)5-7-18(15(16)21)8-9-22-2/h10H,3-9,11H2,1-2H3/t16-/m1/s1. The van der Waals surface area contributed by atoms with Crippen LogP contribution in [-0.2, 0) is 9.53 Å². The maximum atomic E-state index is 12.8. The van der Waals surface area contributed by atoms with Crippen LogP contribution in [0.5, 0.6) is 0 Å². The maximum Gasteiger partial charge on any atom is 0.259 e. The van der Waals surface area contributed by atoms with Crippen LogP contribution in [0.4, 0.5) is 0 Å². The second kappa shape index (κ2) is 6.31. The zero-order valence-electron chi connectivity index (χ0n) is 13.7. The van der Waals surface area contributed by atoms with E-state index in [0.29, 0.717) is 37.6 Å². The number of hydrogen-bond acceptors (Lipinski definition) is 5. The number of rotatable bonds is 4. The number of aromatic nitrogens is 1. The first kappa shape index (κ1) is 16.0. The molecule has 0 radical (unpaired) electrons. The zero-order valence-corrected chi connectivity index (χ0v) is 13.7. The van der Waals surface area contributed by atoms with Crippen LogP contribution >= 0.6 is 0 Å². The normalized spacial score (nSPS) is 24.7. The number of ether oxygens (including phenoxy) is 1. The molecule has 2 amide bonds. The summed E-state index contributed by atoms with van der Waals surface area (Å²) in [6.45, 7) is 4.80. The minimum Gasteiger partial charge on any atom is -0.383 e. The van der Waals surface area contributed by atoms with Crippen LogP contribution in [0.25, 0.3) is 0 Å². The van der Waals surface area contributed by atoms with Crippen molar-refractivity contribution in [3.63, 3.8) is 0 Å². The van der Waals surface area contributed by atoms with Crippen LogP contribution in [0.1, 0.15) is 35.4 Å². The van der Waals surface area contributed by atoms with Crippen LogP contribution < -0.4 is 0 Å². The number of methoxy groups -OCH3 is 1. The third-order valence-electron chi connectivity index (χ3n) is 5.01. The lowest BCUT2D eigenvalue weighted by Gasteiger charge is -2.39. The van der Waals surface area contributed by atoms with Gasteiger partial charge in [-0.05, 0) is 26.2 Å². The summed E-state index contributed by atoms with van der Waals surface area (Å²) in [6, 6.07) is 0. The monoisotopic (exact) mass is 321 g/mol. The van der Waals surface area contributed by atoms with Crippen LogP contribution in [0, 0.1) is 12.3 Å². The third kappa shape index (κ3) is 2.85. The van der Waals surface area contributed by atoms with Gasteiger partial charge in [0.1, 0.15) is 11.3 Å². The summed E-state index contributed by atoms with van der Waals surface area (Å²) in [7, 11) is 1.64. The first-order valence-electron chi connectivity index (χ1n) is 8.06. The average Bonchev–Trinajstić information content (AvgIpc) is 3.11. The van der Waals surface area contributed by atoms with Crippen molar-refractivity contribution in [2.24, 2.45) is 5.41 Å². The van der Waals surface area contributed by atoms with Gasteiger partial charge in [0.05, 0.1) is 18.2 Å². The summed E-state index contributed by atoms with van der Waals surface area (Å²) in [4.78, 5) is 29.1. The molecule has 126 valence electrons. The molecule has 0 saturated carbocycles. The Morgan fingerprint density at radius 1 is 1.43 bits per heavy atom.